The van der Waals surface area contributed by atoms with Crippen LogP contribution in [0.1, 0.15) is 32.6 Å². The van der Waals surface area contributed by atoms with Gasteiger partial charge in [0.15, 0.2) is 0 Å². The number of rotatable bonds is 11. The fourth-order valence-corrected chi connectivity index (χ4v) is 4.59. The quantitative estimate of drug-likeness (QED) is 0.528. The Morgan fingerprint density at radius 3 is 2.64 bits per heavy atom. The highest BCUT2D eigenvalue weighted by Gasteiger charge is 2.27. The van der Waals surface area contributed by atoms with Gasteiger partial charge in [-0.1, -0.05) is 43.0 Å². The zero-order valence-electron chi connectivity index (χ0n) is 14.3. The van der Waals surface area contributed by atoms with Crippen molar-refractivity contribution in [2.24, 2.45) is 0 Å². The zero-order valence-corrected chi connectivity index (χ0v) is 17.5. The predicted octanol–water partition coefficient (Wildman–Crippen LogP) is 3.70. The SMILES string of the molecule is CCCCCNC(=O)C(CCSC)NS(=O)(=O)c1cc(Cl)ccc1Cl. The molecule has 0 radical (unpaired) electrons. The van der Waals surface area contributed by atoms with E-state index < -0.39 is 16.1 Å². The molecule has 0 saturated carbocycles. The molecule has 1 amide bonds. The summed E-state index contributed by atoms with van der Waals surface area (Å²) in [7, 11) is -3.96. The van der Waals surface area contributed by atoms with Crippen molar-refractivity contribution in [3.8, 4) is 0 Å². The first-order chi connectivity index (χ1) is 11.8. The number of unbranched alkanes of at least 4 members (excludes halogenated alkanes) is 2. The van der Waals surface area contributed by atoms with Crippen LogP contribution in [0, 0.1) is 0 Å². The number of hydrogen-bond donors (Lipinski definition) is 2. The molecule has 5 nitrogen and oxygen atoms in total. The van der Waals surface area contributed by atoms with E-state index in [0.29, 0.717) is 18.7 Å². The van der Waals surface area contributed by atoms with Crippen LogP contribution in [0.4, 0.5) is 0 Å². The van der Waals surface area contributed by atoms with Gasteiger partial charge < -0.3 is 5.32 Å². The van der Waals surface area contributed by atoms with E-state index >= 15 is 0 Å². The third kappa shape index (κ3) is 7.74. The molecular weight excluding hydrogens is 403 g/mol. The lowest BCUT2D eigenvalue weighted by atomic mass is 10.2. The normalized spacial score (nSPS) is 12.8. The Morgan fingerprint density at radius 2 is 2.00 bits per heavy atom. The van der Waals surface area contributed by atoms with Crippen LogP contribution in [0.5, 0.6) is 0 Å². The third-order valence-corrected chi connectivity index (χ3v) is 6.32. The fourth-order valence-electron chi connectivity index (χ4n) is 2.12. The van der Waals surface area contributed by atoms with Crippen LogP contribution >= 0.6 is 35.0 Å². The zero-order chi connectivity index (χ0) is 18.9. The number of thioether (sulfide) groups is 1. The molecule has 1 unspecified atom stereocenters. The van der Waals surface area contributed by atoms with E-state index in [4.69, 9.17) is 23.2 Å². The van der Waals surface area contributed by atoms with Crippen molar-refractivity contribution in [2.45, 2.75) is 43.5 Å². The molecule has 0 saturated heterocycles. The van der Waals surface area contributed by atoms with Gasteiger partial charge in [0.2, 0.25) is 15.9 Å². The van der Waals surface area contributed by atoms with Gasteiger partial charge in [-0.25, -0.2) is 8.42 Å². The molecule has 0 bridgehead atoms. The molecule has 0 aliphatic rings. The first kappa shape index (κ1) is 22.6. The fraction of sp³-hybridized carbons (Fsp3) is 0.562. The van der Waals surface area contributed by atoms with Crippen molar-refractivity contribution in [3.63, 3.8) is 0 Å². The van der Waals surface area contributed by atoms with Gasteiger partial charge in [0.05, 0.1) is 5.02 Å². The van der Waals surface area contributed by atoms with Crippen LogP contribution < -0.4 is 10.0 Å². The van der Waals surface area contributed by atoms with Crippen LogP contribution in [0.15, 0.2) is 23.1 Å². The molecule has 1 aromatic carbocycles. The molecule has 1 atom stereocenters. The Balaban J connectivity index is 2.88. The maximum atomic E-state index is 12.6. The summed E-state index contributed by atoms with van der Waals surface area (Å²) < 4.78 is 27.7. The van der Waals surface area contributed by atoms with Gasteiger partial charge in [-0.05, 0) is 43.0 Å². The highest BCUT2D eigenvalue weighted by atomic mass is 35.5. The van der Waals surface area contributed by atoms with E-state index in [-0.39, 0.29) is 20.8 Å². The van der Waals surface area contributed by atoms with E-state index in [0.717, 1.165) is 19.3 Å². The van der Waals surface area contributed by atoms with Crippen LogP contribution in [0.2, 0.25) is 10.0 Å². The summed E-state index contributed by atoms with van der Waals surface area (Å²) in [6.45, 7) is 2.61. The van der Waals surface area contributed by atoms with E-state index in [2.05, 4.69) is 17.0 Å². The number of nitrogens with one attached hydrogen (secondary N) is 2. The summed E-state index contributed by atoms with van der Waals surface area (Å²) in [5.41, 5.74) is 0. The minimum absolute atomic E-state index is 0.0591. The van der Waals surface area contributed by atoms with Crippen LogP contribution in [-0.2, 0) is 14.8 Å². The Hall–Kier alpha value is -0.470. The summed E-state index contributed by atoms with van der Waals surface area (Å²) in [6, 6.07) is 3.35. The number of hydrogen-bond acceptors (Lipinski definition) is 4. The number of sulfonamides is 1. The molecule has 25 heavy (non-hydrogen) atoms. The van der Waals surface area contributed by atoms with Crippen LogP contribution in [-0.4, -0.2) is 38.9 Å². The topological polar surface area (TPSA) is 75.3 Å². The average molecular weight is 427 g/mol. The van der Waals surface area contributed by atoms with Gasteiger partial charge in [-0.3, -0.25) is 4.79 Å². The van der Waals surface area contributed by atoms with Gasteiger partial charge in [0, 0.05) is 11.6 Å². The Morgan fingerprint density at radius 1 is 1.28 bits per heavy atom. The Bertz CT molecular complexity index is 669. The molecule has 1 aromatic rings. The third-order valence-electron chi connectivity index (χ3n) is 3.49. The van der Waals surface area contributed by atoms with Gasteiger partial charge in [-0.15, -0.1) is 0 Å². The summed E-state index contributed by atoms with van der Waals surface area (Å²) in [4.78, 5) is 12.2. The first-order valence-electron chi connectivity index (χ1n) is 8.05. The lowest BCUT2D eigenvalue weighted by molar-refractivity contribution is -0.122. The van der Waals surface area contributed by atoms with Crippen LogP contribution in [0.25, 0.3) is 0 Å². The standard InChI is InChI=1S/C16H24Cl2N2O3S2/c1-3-4-5-9-19-16(21)14(8-10-24-2)20-25(22,23)15-11-12(17)6-7-13(15)18/h6-7,11,14,20H,3-5,8-10H2,1-2H3,(H,19,21). The smallest absolute Gasteiger partial charge is 0.242 e. The molecule has 9 heteroatoms. The number of carbonyl (C=O) groups is 1. The summed E-state index contributed by atoms with van der Waals surface area (Å²) >= 11 is 13.4. The van der Waals surface area contributed by atoms with E-state index in [1.165, 1.54) is 18.2 Å². The lowest BCUT2D eigenvalue weighted by Crippen LogP contribution is -2.47. The van der Waals surface area contributed by atoms with Crippen molar-refractivity contribution >= 4 is 50.9 Å². The molecule has 0 heterocycles. The minimum atomic E-state index is -3.96. The average Bonchev–Trinajstić information content (AvgIpc) is 2.57. The second-order valence-corrected chi connectivity index (χ2v) is 9.04. The summed E-state index contributed by atoms with van der Waals surface area (Å²) in [6.07, 6.45) is 5.21. The molecule has 0 spiro atoms. The number of amides is 1. The molecule has 1 rings (SSSR count). The predicted molar refractivity (Wildman–Crippen MR) is 106 cm³/mol. The Kier molecular flexibility index (Phi) is 10.2. The molecule has 0 aliphatic carbocycles. The van der Waals surface area contributed by atoms with Crippen molar-refractivity contribution in [1.82, 2.24) is 10.0 Å². The van der Waals surface area contributed by atoms with Gasteiger partial charge in [-0.2, -0.15) is 16.5 Å². The molecular formula is C16H24Cl2N2O3S2. The van der Waals surface area contributed by atoms with E-state index in [1.54, 1.807) is 11.8 Å². The van der Waals surface area contributed by atoms with Crippen molar-refractivity contribution in [1.29, 1.82) is 0 Å². The van der Waals surface area contributed by atoms with Crippen LogP contribution in [0.3, 0.4) is 0 Å². The maximum absolute atomic E-state index is 12.6. The molecule has 142 valence electrons. The minimum Gasteiger partial charge on any atom is -0.355 e. The molecule has 2 N–H and O–H groups in total. The largest absolute Gasteiger partial charge is 0.355 e. The molecule has 0 aromatic heterocycles. The number of halogens is 2. The second kappa shape index (κ2) is 11.3. The Labute approximate surface area is 164 Å². The summed E-state index contributed by atoms with van der Waals surface area (Å²) in [5, 5.41) is 3.11. The van der Waals surface area contributed by atoms with Gasteiger partial charge in [0.25, 0.3) is 0 Å². The molecule has 0 aliphatic heterocycles. The van der Waals surface area contributed by atoms with Gasteiger partial charge in [0.1, 0.15) is 10.9 Å². The molecule has 0 fully saturated rings. The second-order valence-electron chi connectivity index (χ2n) is 5.53. The highest BCUT2D eigenvalue weighted by Crippen LogP contribution is 2.25. The van der Waals surface area contributed by atoms with Gasteiger partial charge >= 0.3 is 0 Å². The maximum Gasteiger partial charge on any atom is 0.242 e. The highest BCUT2D eigenvalue weighted by molar-refractivity contribution is 7.98. The number of benzene rings is 1. The van der Waals surface area contributed by atoms with Crippen molar-refractivity contribution < 1.29 is 13.2 Å². The first-order valence-corrected chi connectivity index (χ1v) is 11.7. The monoisotopic (exact) mass is 426 g/mol. The van der Waals surface area contributed by atoms with E-state index in [1.807, 2.05) is 6.26 Å². The summed E-state index contributed by atoms with van der Waals surface area (Å²) in [5.74, 6) is 0.325. The lowest BCUT2D eigenvalue weighted by Gasteiger charge is -2.19. The van der Waals surface area contributed by atoms with E-state index in [9.17, 15) is 13.2 Å². The van der Waals surface area contributed by atoms with Crippen molar-refractivity contribution in [2.75, 3.05) is 18.6 Å². The van der Waals surface area contributed by atoms with Crippen molar-refractivity contribution in [3.05, 3.63) is 28.2 Å². The number of carbonyl (C=O) groups excluding carboxylic acids is 1.